The second-order valence-electron chi connectivity index (χ2n) is 6.11. The van der Waals surface area contributed by atoms with Crippen LogP contribution < -0.4 is 5.73 Å². The van der Waals surface area contributed by atoms with Gasteiger partial charge >= 0.3 is 0 Å². The molecule has 0 spiro atoms. The van der Waals surface area contributed by atoms with Crippen LogP contribution in [0.2, 0.25) is 0 Å². The van der Waals surface area contributed by atoms with Gasteiger partial charge in [0.25, 0.3) is 0 Å². The molecule has 1 aliphatic carbocycles. The smallest absolute Gasteiger partial charge is 0.115 e. The van der Waals surface area contributed by atoms with Gasteiger partial charge in [0.2, 0.25) is 0 Å². The maximum absolute atomic E-state index is 9.49. The van der Waals surface area contributed by atoms with E-state index in [-0.39, 0.29) is 6.04 Å². The van der Waals surface area contributed by atoms with Gasteiger partial charge in [0.05, 0.1) is 0 Å². The number of phenols is 1. The maximum atomic E-state index is 9.49. The summed E-state index contributed by atoms with van der Waals surface area (Å²) in [7, 11) is 0. The molecule has 1 unspecified atom stereocenters. The first-order valence-electron chi connectivity index (χ1n) is 7.72. The molecule has 3 N–H and O–H groups in total. The predicted molar refractivity (Wildman–Crippen MR) is 80.1 cm³/mol. The molecule has 0 amide bonds. The van der Waals surface area contributed by atoms with Crippen molar-refractivity contribution in [1.82, 2.24) is 0 Å². The van der Waals surface area contributed by atoms with Gasteiger partial charge in [0.15, 0.2) is 0 Å². The highest BCUT2D eigenvalue weighted by molar-refractivity contribution is 5.27. The summed E-state index contributed by atoms with van der Waals surface area (Å²) in [5, 5.41) is 9.49. The van der Waals surface area contributed by atoms with Crippen LogP contribution in [0.4, 0.5) is 0 Å². The Bertz CT molecular complexity index is 383. The molecule has 0 heterocycles. The van der Waals surface area contributed by atoms with E-state index in [1.54, 1.807) is 6.07 Å². The molecule has 0 radical (unpaired) electrons. The molecule has 19 heavy (non-hydrogen) atoms. The van der Waals surface area contributed by atoms with Crippen LogP contribution in [-0.4, -0.2) is 11.1 Å². The molecule has 1 saturated carbocycles. The van der Waals surface area contributed by atoms with Crippen molar-refractivity contribution in [2.24, 2.45) is 17.6 Å². The lowest BCUT2D eigenvalue weighted by Gasteiger charge is -2.32. The lowest BCUT2D eigenvalue weighted by molar-refractivity contribution is 0.232. The Labute approximate surface area is 117 Å². The number of benzene rings is 1. The number of aromatic hydroxyl groups is 1. The number of nitrogens with two attached hydrogens (primary N) is 1. The molecule has 1 atom stereocenters. The average molecular weight is 261 g/mol. The van der Waals surface area contributed by atoms with E-state index < -0.39 is 0 Å². The fourth-order valence-electron chi connectivity index (χ4n) is 3.44. The first kappa shape index (κ1) is 14.4. The first-order valence-corrected chi connectivity index (χ1v) is 7.72. The van der Waals surface area contributed by atoms with E-state index in [9.17, 15) is 5.11 Å². The number of hydrogen-bond acceptors (Lipinski definition) is 2. The van der Waals surface area contributed by atoms with Crippen molar-refractivity contribution < 1.29 is 5.11 Å². The van der Waals surface area contributed by atoms with E-state index in [0.29, 0.717) is 11.7 Å². The SMILES string of the molecule is CCCC1CCC(C(N)Cc2cccc(O)c2)CC1. The van der Waals surface area contributed by atoms with E-state index in [1.807, 2.05) is 12.1 Å². The Morgan fingerprint density at radius 2 is 2.00 bits per heavy atom. The molecule has 0 bridgehead atoms. The summed E-state index contributed by atoms with van der Waals surface area (Å²) in [5.74, 6) is 1.95. The van der Waals surface area contributed by atoms with Gasteiger partial charge in [-0.05, 0) is 48.8 Å². The monoisotopic (exact) mass is 261 g/mol. The molecule has 1 aromatic rings. The average Bonchev–Trinajstić information content (AvgIpc) is 2.40. The Balaban J connectivity index is 1.82. The van der Waals surface area contributed by atoms with E-state index >= 15 is 0 Å². The quantitative estimate of drug-likeness (QED) is 0.845. The van der Waals surface area contributed by atoms with Crippen LogP contribution >= 0.6 is 0 Å². The van der Waals surface area contributed by atoms with Crippen molar-refractivity contribution in [3.05, 3.63) is 29.8 Å². The second-order valence-corrected chi connectivity index (χ2v) is 6.11. The van der Waals surface area contributed by atoms with E-state index in [0.717, 1.165) is 17.9 Å². The van der Waals surface area contributed by atoms with Crippen molar-refractivity contribution in [3.8, 4) is 5.75 Å². The molecule has 2 rings (SSSR count). The van der Waals surface area contributed by atoms with Crippen molar-refractivity contribution in [2.75, 3.05) is 0 Å². The van der Waals surface area contributed by atoms with Crippen LogP contribution in [0.15, 0.2) is 24.3 Å². The highest BCUT2D eigenvalue weighted by Crippen LogP contribution is 2.33. The Morgan fingerprint density at radius 3 is 2.63 bits per heavy atom. The molecule has 1 aromatic carbocycles. The number of phenolic OH excluding ortho intramolecular Hbond substituents is 1. The van der Waals surface area contributed by atoms with Crippen LogP contribution in [0.5, 0.6) is 5.75 Å². The summed E-state index contributed by atoms with van der Waals surface area (Å²) in [4.78, 5) is 0. The molecular formula is C17H27NO. The van der Waals surface area contributed by atoms with Gasteiger partial charge in [0.1, 0.15) is 5.75 Å². The summed E-state index contributed by atoms with van der Waals surface area (Å²) in [6.45, 7) is 2.28. The molecule has 1 fully saturated rings. The molecule has 2 heteroatoms. The first-order chi connectivity index (χ1) is 9.19. The predicted octanol–water partition coefficient (Wildman–Crippen LogP) is 3.87. The van der Waals surface area contributed by atoms with Crippen molar-refractivity contribution in [2.45, 2.75) is 57.9 Å². The molecule has 1 aliphatic rings. The summed E-state index contributed by atoms with van der Waals surface area (Å²) >= 11 is 0. The third-order valence-corrected chi connectivity index (χ3v) is 4.58. The molecular weight excluding hydrogens is 234 g/mol. The lowest BCUT2D eigenvalue weighted by Crippen LogP contribution is -2.34. The molecule has 2 nitrogen and oxygen atoms in total. The van der Waals surface area contributed by atoms with Gasteiger partial charge in [0, 0.05) is 6.04 Å². The topological polar surface area (TPSA) is 46.2 Å². The zero-order chi connectivity index (χ0) is 13.7. The van der Waals surface area contributed by atoms with Gasteiger partial charge in [-0.3, -0.25) is 0 Å². The Hall–Kier alpha value is -1.02. The van der Waals surface area contributed by atoms with E-state index in [2.05, 4.69) is 13.0 Å². The van der Waals surface area contributed by atoms with Gasteiger partial charge in [-0.15, -0.1) is 0 Å². The largest absolute Gasteiger partial charge is 0.508 e. The second kappa shape index (κ2) is 6.95. The van der Waals surface area contributed by atoms with Crippen LogP contribution in [0.3, 0.4) is 0 Å². The Morgan fingerprint density at radius 1 is 1.26 bits per heavy atom. The highest BCUT2D eigenvalue weighted by Gasteiger charge is 2.25. The minimum absolute atomic E-state index is 0.240. The van der Waals surface area contributed by atoms with Gasteiger partial charge in [-0.1, -0.05) is 44.7 Å². The van der Waals surface area contributed by atoms with Crippen LogP contribution in [-0.2, 0) is 6.42 Å². The van der Waals surface area contributed by atoms with Gasteiger partial charge < -0.3 is 10.8 Å². The minimum Gasteiger partial charge on any atom is -0.508 e. The van der Waals surface area contributed by atoms with Crippen LogP contribution in [0.25, 0.3) is 0 Å². The van der Waals surface area contributed by atoms with Crippen molar-refractivity contribution in [1.29, 1.82) is 0 Å². The van der Waals surface area contributed by atoms with Crippen LogP contribution in [0, 0.1) is 11.8 Å². The standard InChI is InChI=1S/C17H27NO/c1-2-4-13-7-9-15(10-8-13)17(18)12-14-5-3-6-16(19)11-14/h3,5-6,11,13,15,17,19H,2,4,7-10,12,18H2,1H3. The third-order valence-electron chi connectivity index (χ3n) is 4.58. The fraction of sp³-hybridized carbons (Fsp3) is 0.647. The van der Waals surface area contributed by atoms with Gasteiger partial charge in [-0.25, -0.2) is 0 Å². The number of rotatable bonds is 5. The lowest BCUT2D eigenvalue weighted by atomic mass is 9.76. The normalized spacial score (nSPS) is 25.2. The Kier molecular flexibility index (Phi) is 5.26. The van der Waals surface area contributed by atoms with Gasteiger partial charge in [-0.2, -0.15) is 0 Å². The summed E-state index contributed by atoms with van der Waals surface area (Å²) in [5.41, 5.74) is 7.52. The van der Waals surface area contributed by atoms with Crippen molar-refractivity contribution in [3.63, 3.8) is 0 Å². The fourth-order valence-corrected chi connectivity index (χ4v) is 3.44. The van der Waals surface area contributed by atoms with E-state index in [1.165, 1.54) is 38.5 Å². The third kappa shape index (κ3) is 4.24. The maximum Gasteiger partial charge on any atom is 0.115 e. The molecule has 0 aliphatic heterocycles. The number of hydrogen-bond donors (Lipinski definition) is 2. The van der Waals surface area contributed by atoms with Crippen LogP contribution in [0.1, 0.15) is 51.0 Å². The molecule has 106 valence electrons. The minimum atomic E-state index is 0.240. The summed E-state index contributed by atoms with van der Waals surface area (Å²) < 4.78 is 0. The van der Waals surface area contributed by atoms with Crippen molar-refractivity contribution >= 4 is 0 Å². The summed E-state index contributed by atoms with van der Waals surface area (Å²) in [6, 6.07) is 7.75. The summed E-state index contributed by atoms with van der Waals surface area (Å²) in [6.07, 6.45) is 8.85. The molecule has 0 saturated heterocycles. The highest BCUT2D eigenvalue weighted by atomic mass is 16.3. The zero-order valence-electron chi connectivity index (χ0n) is 12.0. The zero-order valence-corrected chi connectivity index (χ0v) is 12.0. The van der Waals surface area contributed by atoms with E-state index in [4.69, 9.17) is 5.73 Å². The molecule has 0 aromatic heterocycles.